The molecule has 1 N–H and O–H groups in total. The molecule has 0 bridgehead atoms. The van der Waals surface area contributed by atoms with Gasteiger partial charge in [0.05, 0.1) is 18.3 Å². The van der Waals surface area contributed by atoms with Crippen LogP contribution in [0.5, 0.6) is 11.6 Å². The number of ether oxygens (including phenoxy) is 2. The van der Waals surface area contributed by atoms with Gasteiger partial charge in [-0.2, -0.15) is 5.10 Å². The maximum Gasteiger partial charge on any atom is 0.222 e. The first-order valence-electron chi connectivity index (χ1n) is 11.1. The van der Waals surface area contributed by atoms with Crippen LogP contribution in [0.3, 0.4) is 0 Å². The smallest absolute Gasteiger partial charge is 0.222 e. The fraction of sp³-hybridized carbons (Fsp3) is 0.346. The van der Waals surface area contributed by atoms with Crippen LogP contribution in [0.1, 0.15) is 18.4 Å². The van der Waals surface area contributed by atoms with Crippen molar-refractivity contribution in [2.24, 2.45) is 7.05 Å². The third-order valence-corrected chi connectivity index (χ3v) is 5.33. The first kappa shape index (κ1) is 24.6. The Morgan fingerprint density at radius 2 is 1.91 bits per heavy atom. The molecule has 0 spiro atoms. The predicted octanol–water partition coefficient (Wildman–Crippen LogP) is 4.79. The zero-order valence-electron chi connectivity index (χ0n) is 19.3. The van der Waals surface area contributed by atoms with Crippen LogP contribution in [0.4, 0.5) is 4.39 Å². The summed E-state index contributed by atoms with van der Waals surface area (Å²) in [4.78, 5) is 2.14. The number of aromatic nitrogens is 2. The van der Waals surface area contributed by atoms with Gasteiger partial charge in [-0.3, -0.25) is 4.90 Å². The number of nitrogens with zero attached hydrogens (tertiary/aromatic N) is 3. The predicted molar refractivity (Wildman–Crippen MR) is 128 cm³/mol. The second kappa shape index (κ2) is 12.3. The number of rotatable bonds is 13. The molecule has 0 saturated heterocycles. The highest BCUT2D eigenvalue weighted by atomic mass is 19.1. The molecule has 1 aromatic heterocycles. The van der Waals surface area contributed by atoms with Gasteiger partial charge in [0.25, 0.3) is 0 Å². The van der Waals surface area contributed by atoms with Crippen LogP contribution < -0.4 is 4.74 Å². The Morgan fingerprint density at radius 1 is 1.18 bits per heavy atom. The van der Waals surface area contributed by atoms with Crippen LogP contribution in [0.25, 0.3) is 11.3 Å². The van der Waals surface area contributed by atoms with Crippen LogP contribution in [0, 0.1) is 5.82 Å². The summed E-state index contributed by atoms with van der Waals surface area (Å²) >= 11 is 0. The summed E-state index contributed by atoms with van der Waals surface area (Å²) in [6.45, 7) is 5.89. The van der Waals surface area contributed by atoms with E-state index in [9.17, 15) is 9.50 Å². The Labute approximate surface area is 194 Å². The van der Waals surface area contributed by atoms with Crippen LogP contribution in [-0.2, 0) is 18.3 Å². The Kier molecular flexibility index (Phi) is 9.18. The van der Waals surface area contributed by atoms with Gasteiger partial charge in [0, 0.05) is 39.4 Å². The lowest BCUT2D eigenvalue weighted by Gasteiger charge is -2.25. The fourth-order valence-corrected chi connectivity index (χ4v) is 3.64. The number of aliphatic hydroxyl groups excluding tert-OH is 1. The number of hydrogen-bond donors (Lipinski definition) is 1. The second-order valence-electron chi connectivity index (χ2n) is 7.93. The minimum absolute atomic E-state index is 0.322. The van der Waals surface area contributed by atoms with Crippen molar-refractivity contribution in [3.8, 4) is 22.9 Å². The summed E-state index contributed by atoms with van der Waals surface area (Å²) in [5.41, 5.74) is 2.66. The Balaban J connectivity index is 1.96. The monoisotopic (exact) mass is 453 g/mol. The molecule has 1 atom stereocenters. The van der Waals surface area contributed by atoms with E-state index in [0.717, 1.165) is 23.2 Å². The van der Waals surface area contributed by atoms with Gasteiger partial charge in [0.15, 0.2) is 0 Å². The van der Waals surface area contributed by atoms with Crippen molar-refractivity contribution in [3.63, 3.8) is 0 Å². The van der Waals surface area contributed by atoms with E-state index in [1.807, 2.05) is 43.5 Å². The van der Waals surface area contributed by atoms with Gasteiger partial charge in [-0.05, 0) is 37.1 Å². The molecule has 0 aliphatic carbocycles. The largest absolute Gasteiger partial charge is 0.439 e. The minimum Gasteiger partial charge on any atom is -0.439 e. The summed E-state index contributed by atoms with van der Waals surface area (Å²) in [5.74, 6) is 0.773. The lowest BCUT2D eigenvalue weighted by atomic mass is 10.1. The average Bonchev–Trinajstić information content (AvgIpc) is 3.13. The molecule has 2 aromatic carbocycles. The minimum atomic E-state index is -0.488. The SMILES string of the molecule is C=CCC[C@@H](O)CN(CCOC)Cc1c(-c2ccccc2)nn(C)c1Oc1ccc(F)cc1. The normalized spacial score (nSPS) is 12.2. The van der Waals surface area contributed by atoms with Gasteiger partial charge in [-0.15, -0.1) is 6.58 Å². The third-order valence-electron chi connectivity index (χ3n) is 5.33. The Bertz CT molecular complexity index is 1010. The van der Waals surface area contributed by atoms with Gasteiger partial charge in [0.2, 0.25) is 5.88 Å². The highest BCUT2D eigenvalue weighted by Gasteiger charge is 2.23. The molecule has 33 heavy (non-hydrogen) atoms. The van der Waals surface area contributed by atoms with E-state index < -0.39 is 6.10 Å². The van der Waals surface area contributed by atoms with Crippen LogP contribution in [0.15, 0.2) is 67.3 Å². The van der Waals surface area contributed by atoms with Gasteiger partial charge in [0.1, 0.15) is 17.3 Å². The van der Waals surface area contributed by atoms with Crippen molar-refractivity contribution in [1.29, 1.82) is 0 Å². The average molecular weight is 454 g/mol. The number of allylic oxidation sites excluding steroid dienone is 1. The molecule has 0 radical (unpaired) electrons. The number of hydrogen-bond acceptors (Lipinski definition) is 5. The van der Waals surface area contributed by atoms with E-state index >= 15 is 0 Å². The molecule has 1 heterocycles. The van der Waals surface area contributed by atoms with E-state index in [-0.39, 0.29) is 5.82 Å². The lowest BCUT2D eigenvalue weighted by Crippen LogP contribution is -2.34. The second-order valence-corrected chi connectivity index (χ2v) is 7.93. The summed E-state index contributed by atoms with van der Waals surface area (Å²) < 4.78 is 26.6. The van der Waals surface area contributed by atoms with Crippen LogP contribution in [-0.4, -0.2) is 52.7 Å². The fourth-order valence-electron chi connectivity index (χ4n) is 3.64. The first-order chi connectivity index (χ1) is 16.0. The summed E-state index contributed by atoms with van der Waals surface area (Å²) in [6, 6.07) is 15.8. The first-order valence-corrected chi connectivity index (χ1v) is 11.1. The quantitative estimate of drug-likeness (QED) is 0.377. The van der Waals surface area contributed by atoms with Crippen LogP contribution in [0.2, 0.25) is 0 Å². The van der Waals surface area contributed by atoms with Crippen LogP contribution >= 0.6 is 0 Å². The van der Waals surface area contributed by atoms with E-state index in [1.165, 1.54) is 12.1 Å². The number of methoxy groups -OCH3 is 1. The standard InChI is InChI=1S/C26H32FN3O3/c1-4-5-11-22(31)18-30(16-17-32-3)19-24-25(20-9-7-6-8-10-20)28-29(2)26(24)33-23-14-12-21(27)13-15-23/h4,6-10,12-15,22,31H,1,5,11,16-19H2,2-3H3/t22-/m1/s1. The molecule has 6 nitrogen and oxygen atoms in total. The molecule has 176 valence electrons. The number of benzene rings is 2. The summed E-state index contributed by atoms with van der Waals surface area (Å²) in [6.07, 6.45) is 2.72. The molecule has 3 aromatic rings. The van der Waals surface area contributed by atoms with Gasteiger partial charge >= 0.3 is 0 Å². The van der Waals surface area contributed by atoms with E-state index in [1.54, 1.807) is 23.9 Å². The summed E-state index contributed by atoms with van der Waals surface area (Å²) in [5, 5.41) is 15.3. The maximum atomic E-state index is 13.4. The topological polar surface area (TPSA) is 59.8 Å². The Hall–Kier alpha value is -3.00. The van der Waals surface area contributed by atoms with Crippen molar-refractivity contribution in [1.82, 2.24) is 14.7 Å². The zero-order chi connectivity index (χ0) is 23.6. The molecule has 0 saturated carbocycles. The van der Waals surface area contributed by atoms with Crippen molar-refractivity contribution in [2.45, 2.75) is 25.5 Å². The van der Waals surface area contributed by atoms with Crippen molar-refractivity contribution in [3.05, 3.63) is 78.6 Å². The van der Waals surface area contributed by atoms with Gasteiger partial charge in [-0.1, -0.05) is 36.4 Å². The van der Waals surface area contributed by atoms with E-state index in [2.05, 4.69) is 11.5 Å². The number of aryl methyl sites for hydroxylation is 1. The van der Waals surface area contributed by atoms with E-state index in [4.69, 9.17) is 14.6 Å². The highest BCUT2D eigenvalue weighted by molar-refractivity contribution is 5.65. The lowest BCUT2D eigenvalue weighted by molar-refractivity contribution is 0.0806. The molecule has 0 fully saturated rings. The number of aliphatic hydroxyl groups is 1. The van der Waals surface area contributed by atoms with Crippen molar-refractivity contribution >= 4 is 0 Å². The maximum absolute atomic E-state index is 13.4. The molecule has 0 amide bonds. The molecule has 0 unspecified atom stereocenters. The molecule has 7 heteroatoms. The Morgan fingerprint density at radius 3 is 2.58 bits per heavy atom. The summed E-state index contributed by atoms with van der Waals surface area (Å²) in [7, 11) is 3.49. The zero-order valence-corrected chi connectivity index (χ0v) is 19.3. The highest BCUT2D eigenvalue weighted by Crippen LogP contribution is 2.34. The molecule has 3 rings (SSSR count). The molecular formula is C26H32FN3O3. The van der Waals surface area contributed by atoms with Gasteiger partial charge < -0.3 is 14.6 Å². The van der Waals surface area contributed by atoms with Crippen molar-refractivity contribution in [2.75, 3.05) is 26.8 Å². The number of halogens is 1. The molecule has 0 aliphatic heterocycles. The van der Waals surface area contributed by atoms with Gasteiger partial charge in [-0.25, -0.2) is 9.07 Å². The van der Waals surface area contributed by atoms with Crippen molar-refractivity contribution < 1.29 is 19.0 Å². The molecular weight excluding hydrogens is 421 g/mol. The van der Waals surface area contributed by atoms with E-state index in [0.29, 0.717) is 44.3 Å². The third kappa shape index (κ3) is 6.99. The molecule has 0 aliphatic rings.